The molecule has 0 aromatic heterocycles. The fraction of sp³-hybridized carbons (Fsp3) is 0.880. The summed E-state index contributed by atoms with van der Waals surface area (Å²) in [5, 5.41) is 13.3. The molecule has 0 aromatic rings. The van der Waals surface area contributed by atoms with Gasteiger partial charge >= 0.3 is 5.97 Å². The van der Waals surface area contributed by atoms with Crippen molar-refractivity contribution in [3.05, 3.63) is 0 Å². The molecule has 3 aliphatic rings. The topological polar surface area (TPSA) is 105 Å². The van der Waals surface area contributed by atoms with Gasteiger partial charge in [-0.25, -0.2) is 0 Å². The van der Waals surface area contributed by atoms with Crippen molar-refractivity contribution in [2.45, 2.75) is 109 Å². The third kappa shape index (κ3) is 4.18. The lowest BCUT2D eigenvalue weighted by atomic mass is 9.65. The first-order valence-corrected chi connectivity index (χ1v) is 12.7. The summed E-state index contributed by atoms with van der Waals surface area (Å²) in [4.78, 5) is 42.4. The summed E-state index contributed by atoms with van der Waals surface area (Å²) in [7, 11) is 0. The highest BCUT2D eigenvalue weighted by molar-refractivity contribution is 5.98. The zero-order chi connectivity index (χ0) is 24.6. The molecule has 3 rings (SSSR count). The Morgan fingerprint density at radius 3 is 2.48 bits per heavy atom. The van der Waals surface area contributed by atoms with Gasteiger partial charge < -0.3 is 24.8 Å². The molecule has 3 aliphatic heterocycles. The minimum atomic E-state index is -1.08. The van der Waals surface area contributed by atoms with Crippen LogP contribution in [0.5, 0.6) is 0 Å². The molecule has 3 saturated heterocycles. The van der Waals surface area contributed by atoms with Crippen LogP contribution in [0.3, 0.4) is 0 Å². The second-order valence-corrected chi connectivity index (χ2v) is 10.5. The van der Waals surface area contributed by atoms with Crippen LogP contribution < -0.4 is 5.32 Å². The van der Waals surface area contributed by atoms with Crippen LogP contribution in [-0.2, 0) is 23.9 Å². The molecule has 7 atom stereocenters. The predicted octanol–water partition coefficient (Wildman–Crippen LogP) is 2.42. The fourth-order valence-electron chi connectivity index (χ4n) is 6.59. The number of carbonyl (C=O) groups excluding carboxylic acids is 3. The lowest BCUT2D eigenvalue weighted by Gasteiger charge is -2.38. The molecule has 33 heavy (non-hydrogen) atoms. The van der Waals surface area contributed by atoms with Crippen LogP contribution in [-0.4, -0.2) is 70.3 Å². The van der Waals surface area contributed by atoms with E-state index in [4.69, 9.17) is 9.47 Å². The number of hydrogen-bond acceptors (Lipinski definition) is 6. The summed E-state index contributed by atoms with van der Waals surface area (Å²) in [5.41, 5.74) is -1.87. The summed E-state index contributed by atoms with van der Waals surface area (Å²) >= 11 is 0. The largest absolute Gasteiger partial charge is 0.466 e. The molecule has 8 nitrogen and oxygen atoms in total. The molecular weight excluding hydrogens is 424 g/mol. The second kappa shape index (κ2) is 9.90. The maximum Gasteiger partial charge on any atom is 0.312 e. The molecular formula is C25H42N2O6. The highest BCUT2D eigenvalue weighted by atomic mass is 16.6. The van der Waals surface area contributed by atoms with E-state index in [2.05, 4.69) is 12.2 Å². The Morgan fingerprint density at radius 2 is 1.94 bits per heavy atom. The van der Waals surface area contributed by atoms with Crippen LogP contribution in [0, 0.1) is 17.8 Å². The van der Waals surface area contributed by atoms with Gasteiger partial charge in [-0.2, -0.15) is 0 Å². The van der Waals surface area contributed by atoms with E-state index in [9.17, 15) is 19.5 Å². The van der Waals surface area contributed by atoms with Gasteiger partial charge in [0.25, 0.3) is 0 Å². The van der Waals surface area contributed by atoms with Crippen molar-refractivity contribution in [1.29, 1.82) is 0 Å². The standard InChI is InChI=1S/C25H42N2O6/c1-7-10-16(6)26-21(29)20-25-12-11-24(8-2,33-25)19(23(31)32-9-3)18(25)22(30)27(20)17(14-28)13-15(4)5/h15-20,28H,7-14H2,1-6H3,(H,26,29)/t16?,17-,18+,19-,20?,24+,25?/m1/s1. The van der Waals surface area contributed by atoms with E-state index in [-0.39, 0.29) is 37.0 Å². The van der Waals surface area contributed by atoms with E-state index in [0.717, 1.165) is 12.8 Å². The highest BCUT2D eigenvalue weighted by Gasteiger charge is 2.79. The summed E-state index contributed by atoms with van der Waals surface area (Å²) < 4.78 is 12.1. The molecule has 3 unspecified atom stereocenters. The lowest BCUT2D eigenvalue weighted by Crippen LogP contribution is -2.59. The summed E-state index contributed by atoms with van der Waals surface area (Å²) in [6.45, 7) is 11.7. The third-order valence-corrected chi connectivity index (χ3v) is 7.87. The number of amides is 2. The van der Waals surface area contributed by atoms with Crippen LogP contribution in [0.4, 0.5) is 0 Å². The first-order chi connectivity index (χ1) is 15.6. The van der Waals surface area contributed by atoms with Gasteiger partial charge in [-0.1, -0.05) is 34.1 Å². The Bertz CT molecular complexity index is 757. The Balaban J connectivity index is 2.08. The van der Waals surface area contributed by atoms with Gasteiger partial charge in [0, 0.05) is 6.04 Å². The van der Waals surface area contributed by atoms with Crippen molar-refractivity contribution >= 4 is 17.8 Å². The maximum atomic E-state index is 14.0. The Kier molecular flexibility index (Phi) is 7.79. The lowest BCUT2D eigenvalue weighted by molar-refractivity contribution is -0.162. The van der Waals surface area contributed by atoms with Gasteiger partial charge in [0.2, 0.25) is 11.8 Å². The average molecular weight is 467 g/mol. The van der Waals surface area contributed by atoms with Crippen molar-refractivity contribution in [3.8, 4) is 0 Å². The van der Waals surface area contributed by atoms with Crippen molar-refractivity contribution < 1.29 is 29.0 Å². The molecule has 0 aliphatic carbocycles. The molecule has 3 heterocycles. The predicted molar refractivity (Wildman–Crippen MR) is 123 cm³/mol. The number of fused-ring (bicyclic) bond motifs is 1. The van der Waals surface area contributed by atoms with E-state index < -0.39 is 41.1 Å². The van der Waals surface area contributed by atoms with Crippen molar-refractivity contribution in [2.24, 2.45) is 17.8 Å². The Labute approximate surface area is 197 Å². The smallest absolute Gasteiger partial charge is 0.312 e. The van der Waals surface area contributed by atoms with Crippen LogP contribution >= 0.6 is 0 Å². The molecule has 1 spiro atoms. The normalized spacial score (nSPS) is 34.5. The number of likely N-dealkylation sites (tertiary alicyclic amines) is 1. The second-order valence-electron chi connectivity index (χ2n) is 10.5. The highest BCUT2D eigenvalue weighted by Crippen LogP contribution is 2.64. The van der Waals surface area contributed by atoms with Gasteiger partial charge in [0.1, 0.15) is 17.6 Å². The van der Waals surface area contributed by atoms with Crippen LogP contribution in [0.2, 0.25) is 0 Å². The minimum Gasteiger partial charge on any atom is -0.466 e. The SMILES string of the molecule is CCCC(C)NC(=O)C1N([C@@H](CO)CC(C)C)C(=O)[C@@H]2[C@H](C(=O)OCC)[C@]3(CC)CCC12O3. The molecule has 3 fully saturated rings. The molecule has 8 heteroatoms. The van der Waals surface area contributed by atoms with Gasteiger partial charge in [0.05, 0.1) is 30.8 Å². The number of nitrogens with zero attached hydrogens (tertiary/aromatic N) is 1. The van der Waals surface area contributed by atoms with Crippen molar-refractivity contribution in [3.63, 3.8) is 0 Å². The third-order valence-electron chi connectivity index (χ3n) is 7.87. The van der Waals surface area contributed by atoms with Gasteiger partial charge in [-0.15, -0.1) is 0 Å². The number of ether oxygens (including phenoxy) is 2. The first-order valence-electron chi connectivity index (χ1n) is 12.7. The van der Waals surface area contributed by atoms with E-state index in [0.29, 0.717) is 25.7 Å². The zero-order valence-corrected chi connectivity index (χ0v) is 21.1. The zero-order valence-electron chi connectivity index (χ0n) is 21.1. The van der Waals surface area contributed by atoms with Crippen molar-refractivity contribution in [2.75, 3.05) is 13.2 Å². The molecule has 2 bridgehead atoms. The van der Waals surface area contributed by atoms with E-state index >= 15 is 0 Å². The van der Waals surface area contributed by atoms with Gasteiger partial charge in [0.15, 0.2) is 0 Å². The number of aliphatic hydroxyl groups excluding tert-OH is 1. The molecule has 0 aromatic carbocycles. The number of rotatable bonds is 11. The Morgan fingerprint density at radius 1 is 1.24 bits per heavy atom. The van der Waals surface area contributed by atoms with Crippen LogP contribution in [0.15, 0.2) is 0 Å². The van der Waals surface area contributed by atoms with Crippen LogP contribution in [0.25, 0.3) is 0 Å². The van der Waals surface area contributed by atoms with E-state index in [1.54, 1.807) is 11.8 Å². The fourth-order valence-corrected chi connectivity index (χ4v) is 6.59. The first kappa shape index (κ1) is 25.9. The number of nitrogens with one attached hydrogen (secondary N) is 1. The van der Waals surface area contributed by atoms with E-state index in [1.165, 1.54) is 0 Å². The average Bonchev–Trinajstić information content (AvgIpc) is 3.36. The van der Waals surface area contributed by atoms with Gasteiger partial charge in [-0.05, 0) is 51.9 Å². The summed E-state index contributed by atoms with van der Waals surface area (Å²) in [6, 6.07) is -1.44. The number of esters is 1. The maximum absolute atomic E-state index is 14.0. The summed E-state index contributed by atoms with van der Waals surface area (Å²) in [6.07, 6.45) is 4.01. The summed E-state index contributed by atoms with van der Waals surface area (Å²) in [5.74, 6) is -2.25. The molecule has 188 valence electrons. The number of aliphatic hydroxyl groups is 1. The quantitative estimate of drug-likeness (QED) is 0.453. The van der Waals surface area contributed by atoms with Crippen molar-refractivity contribution in [1.82, 2.24) is 10.2 Å². The Hall–Kier alpha value is -1.67. The molecule has 2 amide bonds. The number of carbonyl (C=O) groups is 3. The monoisotopic (exact) mass is 466 g/mol. The molecule has 0 saturated carbocycles. The molecule has 2 N–H and O–H groups in total. The molecule has 0 radical (unpaired) electrons. The number of hydrogen-bond donors (Lipinski definition) is 2. The van der Waals surface area contributed by atoms with Crippen LogP contribution in [0.1, 0.15) is 80.1 Å². The van der Waals surface area contributed by atoms with E-state index in [1.807, 2.05) is 27.7 Å². The minimum absolute atomic E-state index is 0.0489. The van der Waals surface area contributed by atoms with Gasteiger partial charge in [-0.3, -0.25) is 14.4 Å².